The Morgan fingerprint density at radius 3 is 2.20 bits per heavy atom. The Morgan fingerprint density at radius 2 is 1.63 bits per heavy atom. The first kappa shape index (κ1) is 35.4. The van der Waals surface area contributed by atoms with Crippen molar-refractivity contribution in [3.05, 3.63) is 110 Å². The molecule has 4 aromatic rings. The Labute approximate surface area is 284 Å². The molecular formula is C34H32BrCl2F3N4O2. The minimum absolute atomic E-state index is 0.0770. The highest BCUT2D eigenvalue weighted by atomic mass is 79.9. The van der Waals surface area contributed by atoms with Crippen LogP contribution in [-0.4, -0.2) is 35.3 Å². The standard InChI is InChI=1S/C34H32BrCl2F3N4O2/c1-4-33(2,43-32(46)21-5-9-22(10-6-21)34(38,39)40)27-18-26(25-14-13-24(36)17-28(25)37)31(20-7-11-23(35)12-8-20)42-29(27)19-44(3)16-15-30(41)45/h5-14,17-18H,4,15-16,19H2,1-3H3,(H2,41,45)(H,43,46). The van der Waals surface area contributed by atoms with E-state index in [-0.39, 0.29) is 12.0 Å². The largest absolute Gasteiger partial charge is 0.416 e. The molecule has 2 amide bonds. The number of nitrogens with one attached hydrogen (secondary N) is 1. The van der Waals surface area contributed by atoms with Crippen LogP contribution in [0.2, 0.25) is 10.0 Å². The molecule has 3 N–H and O–H groups in total. The number of carbonyl (C=O) groups is 2. The predicted molar refractivity (Wildman–Crippen MR) is 180 cm³/mol. The van der Waals surface area contributed by atoms with Crippen molar-refractivity contribution >= 4 is 50.9 Å². The maximum Gasteiger partial charge on any atom is 0.416 e. The van der Waals surface area contributed by atoms with E-state index >= 15 is 0 Å². The summed E-state index contributed by atoms with van der Waals surface area (Å²) in [5, 5.41) is 3.91. The van der Waals surface area contributed by atoms with Crippen molar-refractivity contribution in [3.63, 3.8) is 0 Å². The topological polar surface area (TPSA) is 88.3 Å². The summed E-state index contributed by atoms with van der Waals surface area (Å²) < 4.78 is 40.4. The van der Waals surface area contributed by atoms with Crippen LogP contribution in [0.3, 0.4) is 0 Å². The summed E-state index contributed by atoms with van der Waals surface area (Å²) >= 11 is 16.5. The van der Waals surface area contributed by atoms with Gasteiger partial charge in [-0.15, -0.1) is 0 Å². The maximum absolute atomic E-state index is 13.5. The van der Waals surface area contributed by atoms with Crippen LogP contribution in [0, 0.1) is 0 Å². The molecular weight excluding hydrogens is 704 g/mol. The van der Waals surface area contributed by atoms with Gasteiger partial charge in [0.15, 0.2) is 0 Å². The number of halogens is 6. The fourth-order valence-electron chi connectivity index (χ4n) is 5.01. The van der Waals surface area contributed by atoms with Crippen molar-refractivity contribution < 1.29 is 22.8 Å². The molecule has 0 fully saturated rings. The lowest BCUT2D eigenvalue weighted by Gasteiger charge is -2.34. The van der Waals surface area contributed by atoms with E-state index in [4.69, 9.17) is 33.9 Å². The van der Waals surface area contributed by atoms with Crippen molar-refractivity contribution in [2.45, 2.75) is 44.9 Å². The number of hydrogen-bond acceptors (Lipinski definition) is 4. The predicted octanol–water partition coefficient (Wildman–Crippen LogP) is 8.87. The monoisotopic (exact) mass is 734 g/mol. The van der Waals surface area contributed by atoms with Crippen molar-refractivity contribution in [2.24, 2.45) is 5.73 Å². The first-order valence-electron chi connectivity index (χ1n) is 14.3. The Balaban J connectivity index is 1.90. The number of hydrogen-bond donors (Lipinski definition) is 2. The number of rotatable bonds is 11. The van der Waals surface area contributed by atoms with Crippen molar-refractivity contribution in [2.75, 3.05) is 13.6 Å². The molecule has 12 heteroatoms. The molecule has 0 saturated carbocycles. The normalized spacial score (nSPS) is 13.0. The highest BCUT2D eigenvalue weighted by Crippen LogP contribution is 2.41. The van der Waals surface area contributed by atoms with E-state index in [2.05, 4.69) is 21.2 Å². The molecule has 0 spiro atoms. The number of aromatic nitrogens is 1. The third-order valence-electron chi connectivity index (χ3n) is 7.77. The van der Waals surface area contributed by atoms with Crippen molar-refractivity contribution in [1.82, 2.24) is 15.2 Å². The van der Waals surface area contributed by atoms with Gasteiger partial charge in [-0.3, -0.25) is 14.6 Å². The molecule has 1 atom stereocenters. The zero-order valence-corrected chi connectivity index (χ0v) is 28.4. The number of primary amides is 1. The lowest BCUT2D eigenvalue weighted by molar-refractivity contribution is -0.137. The molecule has 3 aromatic carbocycles. The van der Waals surface area contributed by atoms with Gasteiger partial charge in [-0.25, -0.2) is 0 Å². The molecule has 1 aromatic heterocycles. The number of carbonyl (C=O) groups excluding carboxylic acids is 2. The van der Waals surface area contributed by atoms with Crippen LogP contribution in [0.1, 0.15) is 53.9 Å². The van der Waals surface area contributed by atoms with Crippen molar-refractivity contribution in [3.8, 4) is 22.4 Å². The Bertz CT molecular complexity index is 1730. The molecule has 0 aliphatic carbocycles. The molecule has 1 heterocycles. The number of amides is 2. The van der Waals surface area contributed by atoms with Gasteiger partial charge in [0.1, 0.15) is 0 Å². The molecule has 4 rings (SSSR count). The summed E-state index contributed by atoms with van der Waals surface area (Å²) in [6, 6.07) is 18.8. The van der Waals surface area contributed by atoms with Gasteiger partial charge in [0.05, 0.1) is 22.5 Å². The first-order chi connectivity index (χ1) is 21.6. The average molecular weight is 736 g/mol. The van der Waals surface area contributed by atoms with Crippen LogP contribution >= 0.6 is 39.1 Å². The molecule has 0 bridgehead atoms. The summed E-state index contributed by atoms with van der Waals surface area (Å²) in [5.74, 6) is -0.986. The smallest absolute Gasteiger partial charge is 0.370 e. The summed E-state index contributed by atoms with van der Waals surface area (Å²) in [4.78, 5) is 32.1. The number of benzene rings is 3. The highest BCUT2D eigenvalue weighted by Gasteiger charge is 2.34. The van der Waals surface area contributed by atoms with E-state index in [0.29, 0.717) is 57.6 Å². The quantitative estimate of drug-likeness (QED) is 0.161. The van der Waals surface area contributed by atoms with E-state index < -0.39 is 29.1 Å². The summed E-state index contributed by atoms with van der Waals surface area (Å²) in [6.07, 6.45) is -3.98. The Kier molecular flexibility index (Phi) is 11.2. The molecule has 0 aliphatic rings. The number of nitrogens with two attached hydrogens (primary N) is 1. The molecule has 0 aliphatic heterocycles. The van der Waals surface area contributed by atoms with Gasteiger partial charge in [0, 0.05) is 61.8 Å². The lowest BCUT2D eigenvalue weighted by Crippen LogP contribution is -2.44. The second-order valence-electron chi connectivity index (χ2n) is 11.2. The lowest BCUT2D eigenvalue weighted by atomic mass is 9.84. The van der Waals surface area contributed by atoms with Crippen LogP contribution in [0.25, 0.3) is 22.4 Å². The maximum atomic E-state index is 13.5. The zero-order valence-electron chi connectivity index (χ0n) is 25.3. The van der Waals surface area contributed by atoms with E-state index in [1.165, 1.54) is 0 Å². The van der Waals surface area contributed by atoms with Crippen molar-refractivity contribution in [1.29, 1.82) is 0 Å². The number of pyridine rings is 1. The molecule has 242 valence electrons. The molecule has 0 radical (unpaired) electrons. The number of nitrogens with zero attached hydrogens (tertiary/aromatic N) is 2. The second kappa shape index (κ2) is 14.5. The van der Waals surface area contributed by atoms with Gasteiger partial charge >= 0.3 is 6.18 Å². The Morgan fingerprint density at radius 1 is 0.978 bits per heavy atom. The fourth-order valence-corrected chi connectivity index (χ4v) is 5.78. The minimum atomic E-state index is -4.52. The van der Waals surface area contributed by atoms with Gasteiger partial charge in [-0.2, -0.15) is 13.2 Å². The van der Waals surface area contributed by atoms with Gasteiger partial charge in [-0.05, 0) is 75.0 Å². The third kappa shape index (κ3) is 8.47. The van der Waals surface area contributed by atoms with Crippen LogP contribution in [0.15, 0.2) is 77.3 Å². The highest BCUT2D eigenvalue weighted by molar-refractivity contribution is 9.10. The van der Waals surface area contributed by atoms with Gasteiger partial charge < -0.3 is 16.0 Å². The fraction of sp³-hybridized carbons (Fsp3) is 0.265. The first-order valence-corrected chi connectivity index (χ1v) is 15.9. The Hall–Kier alpha value is -3.44. The van der Waals surface area contributed by atoms with E-state index in [1.54, 1.807) is 18.2 Å². The molecule has 46 heavy (non-hydrogen) atoms. The van der Waals surface area contributed by atoms with E-state index in [1.807, 2.05) is 56.1 Å². The number of alkyl halides is 3. The van der Waals surface area contributed by atoms with Gasteiger partial charge in [0.25, 0.3) is 5.91 Å². The average Bonchev–Trinajstić information content (AvgIpc) is 3.00. The summed E-state index contributed by atoms with van der Waals surface area (Å²) in [6.45, 7) is 4.40. The SMILES string of the molecule is CCC(C)(NC(=O)c1ccc(C(F)(F)F)cc1)c1cc(-c2ccc(Cl)cc2Cl)c(-c2ccc(Br)cc2)nc1CN(C)CCC(N)=O. The van der Waals surface area contributed by atoms with Crippen LogP contribution in [0.5, 0.6) is 0 Å². The molecule has 0 saturated heterocycles. The minimum Gasteiger partial charge on any atom is -0.370 e. The van der Waals surface area contributed by atoms with Crippen LogP contribution in [0.4, 0.5) is 13.2 Å². The van der Waals surface area contributed by atoms with Crippen LogP contribution < -0.4 is 11.1 Å². The van der Waals surface area contributed by atoms with Gasteiger partial charge in [-0.1, -0.05) is 64.3 Å². The van der Waals surface area contributed by atoms with E-state index in [0.717, 1.165) is 34.3 Å². The summed E-state index contributed by atoms with van der Waals surface area (Å²) in [5.41, 5.74) is 7.69. The molecule has 1 unspecified atom stereocenters. The molecule has 6 nitrogen and oxygen atoms in total. The summed E-state index contributed by atoms with van der Waals surface area (Å²) in [7, 11) is 1.84. The third-order valence-corrected chi connectivity index (χ3v) is 8.84. The second-order valence-corrected chi connectivity index (χ2v) is 12.9. The van der Waals surface area contributed by atoms with Gasteiger partial charge in [0.2, 0.25) is 5.91 Å². The van der Waals surface area contributed by atoms with Crippen LogP contribution in [-0.2, 0) is 23.1 Å². The zero-order chi connectivity index (χ0) is 33.8. The van der Waals surface area contributed by atoms with E-state index in [9.17, 15) is 22.8 Å².